The number of quaternary nitrogens is 1. The van der Waals surface area contributed by atoms with Crippen LogP contribution in [0.5, 0.6) is 0 Å². The van der Waals surface area contributed by atoms with Gasteiger partial charge in [0, 0.05) is 25.5 Å². The van der Waals surface area contributed by atoms with Crippen LogP contribution in [0.4, 0.5) is 0 Å². The quantitative estimate of drug-likeness (QED) is 0.419. The molecule has 0 amide bonds. The van der Waals surface area contributed by atoms with Crippen LogP contribution in [0.25, 0.3) is 0 Å². The van der Waals surface area contributed by atoms with Crippen LogP contribution in [0, 0.1) is 0 Å². The Morgan fingerprint density at radius 3 is 2.28 bits per heavy atom. The summed E-state index contributed by atoms with van der Waals surface area (Å²) in [6.45, 7) is 6.58. The molecule has 1 atom stereocenters. The normalized spacial score (nSPS) is 13.4. The molecule has 0 fully saturated rings. The number of hydrogen-bond donors (Lipinski definition) is 0. The van der Waals surface area contributed by atoms with Crippen molar-refractivity contribution in [2.45, 2.75) is 19.9 Å². The Bertz CT molecular complexity index is 292. The summed E-state index contributed by atoms with van der Waals surface area (Å²) in [6, 6.07) is 10.7. The minimum absolute atomic E-state index is 0.864. The van der Waals surface area contributed by atoms with Crippen molar-refractivity contribution in [3.8, 4) is 0 Å². The van der Waals surface area contributed by atoms with Crippen LogP contribution in [0.2, 0.25) is 0 Å². The van der Waals surface area contributed by atoms with E-state index in [2.05, 4.69) is 55.9 Å². The third-order valence-corrected chi connectivity index (χ3v) is 3.22. The van der Waals surface area contributed by atoms with Gasteiger partial charge < -0.3 is 9.22 Å². The van der Waals surface area contributed by atoms with Gasteiger partial charge in [-0.3, -0.25) is 0 Å². The first-order chi connectivity index (χ1) is 8.70. The van der Waals surface area contributed by atoms with Gasteiger partial charge in [-0.1, -0.05) is 30.3 Å². The lowest BCUT2D eigenvalue weighted by molar-refractivity contribution is -0.921. The Balaban J connectivity index is 0.00000137. The molecule has 0 heterocycles. The van der Waals surface area contributed by atoms with Crippen LogP contribution in [0.15, 0.2) is 30.3 Å². The highest BCUT2D eigenvalue weighted by Crippen LogP contribution is 2.12. The lowest BCUT2D eigenvalue weighted by Crippen LogP contribution is -2.44. The van der Waals surface area contributed by atoms with Crippen LogP contribution in [0.1, 0.15) is 18.9 Å². The highest BCUT2D eigenvalue weighted by molar-refractivity contribution is 6.15. The topological polar surface area (TPSA) is 9.23 Å². The molecule has 104 valence electrons. The van der Waals surface area contributed by atoms with E-state index >= 15 is 0 Å². The summed E-state index contributed by atoms with van der Waals surface area (Å²) in [5, 5.41) is 0. The van der Waals surface area contributed by atoms with Crippen molar-refractivity contribution in [3.63, 3.8) is 0 Å². The van der Waals surface area contributed by atoms with Crippen molar-refractivity contribution in [2.75, 3.05) is 40.2 Å². The van der Waals surface area contributed by atoms with Crippen molar-refractivity contribution in [3.05, 3.63) is 35.9 Å². The van der Waals surface area contributed by atoms with E-state index in [4.69, 9.17) is 4.74 Å². The first-order valence-electron chi connectivity index (χ1n) is 6.44. The molecule has 0 aliphatic heterocycles. The van der Waals surface area contributed by atoms with Crippen molar-refractivity contribution in [1.82, 2.24) is 0 Å². The van der Waals surface area contributed by atoms with Gasteiger partial charge in [0.05, 0.1) is 26.7 Å². The molecule has 0 aliphatic carbocycles. The molecule has 1 aromatic carbocycles. The SMILES string of the molecule is CC[N+](C)(CCCOC)Cc1ccccc1.CCl. The molecule has 0 aromatic heterocycles. The molecule has 0 spiro atoms. The Labute approximate surface area is 117 Å². The molecule has 0 aliphatic rings. The van der Waals surface area contributed by atoms with Crippen molar-refractivity contribution in [2.24, 2.45) is 0 Å². The van der Waals surface area contributed by atoms with Crippen molar-refractivity contribution < 1.29 is 9.22 Å². The average molecular weight is 273 g/mol. The highest BCUT2D eigenvalue weighted by Gasteiger charge is 2.18. The maximum Gasteiger partial charge on any atom is 0.104 e. The summed E-state index contributed by atoms with van der Waals surface area (Å²) in [5.74, 6) is 0. The van der Waals surface area contributed by atoms with Crippen LogP contribution in [-0.4, -0.2) is 44.7 Å². The summed E-state index contributed by atoms with van der Waals surface area (Å²) >= 11 is 4.64. The van der Waals surface area contributed by atoms with Crippen LogP contribution < -0.4 is 0 Å². The van der Waals surface area contributed by atoms with Gasteiger partial charge in [0.15, 0.2) is 0 Å². The smallest absolute Gasteiger partial charge is 0.104 e. The van der Waals surface area contributed by atoms with Gasteiger partial charge in [0.25, 0.3) is 0 Å². The maximum absolute atomic E-state index is 5.12. The lowest BCUT2D eigenvalue weighted by atomic mass is 10.2. The molecule has 0 saturated carbocycles. The monoisotopic (exact) mass is 272 g/mol. The summed E-state index contributed by atoms with van der Waals surface area (Å²) in [6.07, 6.45) is 2.60. The second-order valence-corrected chi connectivity index (χ2v) is 4.65. The maximum atomic E-state index is 5.12. The Morgan fingerprint density at radius 2 is 1.78 bits per heavy atom. The van der Waals surface area contributed by atoms with Gasteiger partial charge in [-0.15, -0.1) is 11.6 Å². The number of halogens is 1. The predicted octanol–water partition coefficient (Wildman–Crippen LogP) is 3.54. The predicted molar refractivity (Wildman–Crippen MR) is 80.0 cm³/mol. The number of hydrogen-bond acceptors (Lipinski definition) is 1. The second kappa shape index (κ2) is 10.4. The van der Waals surface area contributed by atoms with E-state index in [9.17, 15) is 0 Å². The molecule has 0 bridgehead atoms. The van der Waals surface area contributed by atoms with Crippen molar-refractivity contribution >= 4 is 11.6 Å². The van der Waals surface area contributed by atoms with Crippen LogP contribution in [-0.2, 0) is 11.3 Å². The molecule has 0 N–H and O–H groups in total. The molecule has 18 heavy (non-hydrogen) atoms. The largest absolute Gasteiger partial charge is 0.384 e. The number of benzene rings is 1. The molecule has 3 heteroatoms. The van der Waals surface area contributed by atoms with Gasteiger partial charge in [-0.25, -0.2) is 0 Å². The fourth-order valence-corrected chi connectivity index (χ4v) is 1.96. The molecular formula is C15H27ClNO+. The summed E-state index contributed by atoms with van der Waals surface area (Å²) in [4.78, 5) is 0. The summed E-state index contributed by atoms with van der Waals surface area (Å²) in [5.41, 5.74) is 1.42. The Kier molecular flexibility index (Phi) is 10.0. The number of methoxy groups -OCH3 is 1. The molecule has 0 saturated heterocycles. The molecule has 1 unspecified atom stereocenters. The van der Waals surface area contributed by atoms with Gasteiger partial charge in [-0.2, -0.15) is 0 Å². The molecule has 2 nitrogen and oxygen atoms in total. The zero-order chi connectivity index (χ0) is 13.9. The molecule has 1 aromatic rings. The van der Waals surface area contributed by atoms with Gasteiger partial charge in [0.2, 0.25) is 0 Å². The zero-order valence-corrected chi connectivity index (χ0v) is 12.9. The standard InChI is InChI=1S/C14H24NO.CH3Cl/c1-4-15(2,11-8-12-16-3)13-14-9-6-5-7-10-14;1-2/h5-7,9-10H,4,8,11-13H2,1-3H3;1H3/q+1;. The molecular weight excluding hydrogens is 246 g/mol. The van der Waals surface area contributed by atoms with E-state index < -0.39 is 0 Å². The minimum atomic E-state index is 0.864. The van der Waals surface area contributed by atoms with E-state index in [0.29, 0.717) is 0 Å². The minimum Gasteiger partial charge on any atom is -0.384 e. The molecule has 1 rings (SSSR count). The Morgan fingerprint density at radius 1 is 1.17 bits per heavy atom. The van der Waals surface area contributed by atoms with E-state index in [-0.39, 0.29) is 0 Å². The number of rotatable bonds is 7. The van der Waals surface area contributed by atoms with Crippen LogP contribution >= 0.6 is 11.6 Å². The molecule has 0 radical (unpaired) electrons. The number of nitrogens with zero attached hydrogens (tertiary/aromatic N) is 1. The summed E-state index contributed by atoms with van der Waals surface area (Å²) in [7, 11) is 4.09. The van der Waals surface area contributed by atoms with E-state index in [1.165, 1.54) is 25.0 Å². The fourth-order valence-electron chi connectivity index (χ4n) is 1.96. The zero-order valence-electron chi connectivity index (χ0n) is 12.2. The Hall–Kier alpha value is -0.570. The average Bonchev–Trinajstić information content (AvgIpc) is 2.42. The van der Waals surface area contributed by atoms with Gasteiger partial charge in [-0.05, 0) is 6.92 Å². The first-order valence-corrected chi connectivity index (χ1v) is 7.20. The van der Waals surface area contributed by atoms with Gasteiger partial charge in [0.1, 0.15) is 6.54 Å². The first kappa shape index (κ1) is 17.4. The van der Waals surface area contributed by atoms with Gasteiger partial charge >= 0.3 is 0 Å². The highest BCUT2D eigenvalue weighted by atomic mass is 35.5. The van der Waals surface area contributed by atoms with Crippen LogP contribution in [0.3, 0.4) is 0 Å². The third-order valence-electron chi connectivity index (χ3n) is 3.22. The second-order valence-electron chi connectivity index (χ2n) is 4.65. The number of alkyl halides is 1. The number of ether oxygens (including phenoxy) is 1. The third kappa shape index (κ3) is 7.00. The van der Waals surface area contributed by atoms with Crippen molar-refractivity contribution in [1.29, 1.82) is 0 Å². The lowest BCUT2D eigenvalue weighted by Gasteiger charge is -2.33. The fraction of sp³-hybridized carbons (Fsp3) is 0.600. The summed E-state index contributed by atoms with van der Waals surface area (Å²) < 4.78 is 6.21. The van der Waals surface area contributed by atoms with E-state index in [0.717, 1.165) is 24.1 Å². The van der Waals surface area contributed by atoms with E-state index in [1.54, 1.807) is 7.11 Å². The van der Waals surface area contributed by atoms with E-state index in [1.807, 2.05) is 0 Å².